The summed E-state index contributed by atoms with van der Waals surface area (Å²) in [4.78, 5) is 0. The van der Waals surface area contributed by atoms with Crippen LogP contribution in [0.25, 0.3) is 0 Å². The first-order valence-corrected chi connectivity index (χ1v) is 3.93. The molecule has 0 radical (unpaired) electrons. The van der Waals surface area contributed by atoms with Crippen molar-refractivity contribution < 1.29 is 4.58 Å². The SMILES string of the molecule is BC1=[N+](C)c2ccccc2C1. The van der Waals surface area contributed by atoms with Gasteiger partial charge in [0, 0.05) is 18.1 Å². The van der Waals surface area contributed by atoms with Gasteiger partial charge in [0.05, 0.1) is 0 Å². The van der Waals surface area contributed by atoms with E-state index in [4.69, 9.17) is 0 Å². The van der Waals surface area contributed by atoms with Gasteiger partial charge in [-0.25, -0.2) is 4.58 Å². The molecule has 1 nitrogen and oxygen atoms in total. The minimum absolute atomic E-state index is 1.12. The van der Waals surface area contributed by atoms with Crippen molar-refractivity contribution in [2.24, 2.45) is 0 Å². The van der Waals surface area contributed by atoms with Crippen molar-refractivity contribution in [1.82, 2.24) is 0 Å². The van der Waals surface area contributed by atoms with Crippen LogP contribution in [0.2, 0.25) is 0 Å². The van der Waals surface area contributed by atoms with E-state index < -0.39 is 0 Å². The number of nitrogens with zero attached hydrogens (tertiary/aromatic N) is 1. The highest BCUT2D eigenvalue weighted by Gasteiger charge is 2.21. The molecule has 0 aromatic heterocycles. The first kappa shape index (κ1) is 6.65. The fourth-order valence-electron chi connectivity index (χ4n) is 1.59. The van der Waals surface area contributed by atoms with Crippen LogP contribution >= 0.6 is 0 Å². The average molecular weight is 144 g/mol. The Balaban J connectivity index is 2.60. The Hall–Kier alpha value is -1.05. The minimum atomic E-state index is 1.12. The minimum Gasteiger partial charge on any atom is -0.213 e. The van der Waals surface area contributed by atoms with E-state index in [2.05, 4.69) is 43.7 Å². The van der Waals surface area contributed by atoms with Crippen LogP contribution < -0.4 is 0 Å². The highest BCUT2D eigenvalue weighted by atomic mass is 15.0. The van der Waals surface area contributed by atoms with Crippen LogP contribution in [0.15, 0.2) is 24.3 Å². The van der Waals surface area contributed by atoms with Crippen molar-refractivity contribution in [2.45, 2.75) is 6.42 Å². The highest BCUT2D eigenvalue weighted by Crippen LogP contribution is 2.23. The third-order valence-electron chi connectivity index (χ3n) is 2.37. The van der Waals surface area contributed by atoms with Gasteiger partial charge in [-0.05, 0) is 0 Å². The second kappa shape index (κ2) is 2.23. The fourth-order valence-corrected chi connectivity index (χ4v) is 1.59. The molecule has 0 bridgehead atoms. The summed E-state index contributed by atoms with van der Waals surface area (Å²) >= 11 is 0. The molecule has 0 saturated heterocycles. The van der Waals surface area contributed by atoms with E-state index in [-0.39, 0.29) is 0 Å². The Morgan fingerprint density at radius 1 is 1.36 bits per heavy atom. The van der Waals surface area contributed by atoms with Gasteiger partial charge < -0.3 is 0 Å². The molecule has 0 amide bonds. The van der Waals surface area contributed by atoms with Crippen LogP contribution in [-0.4, -0.2) is 25.1 Å². The summed E-state index contributed by atoms with van der Waals surface area (Å²) in [5.41, 5.74) is 4.25. The number of para-hydroxylation sites is 1. The number of hydrogen-bond donors (Lipinski definition) is 0. The van der Waals surface area contributed by atoms with Gasteiger partial charge in [-0.2, -0.15) is 0 Å². The summed E-state index contributed by atoms with van der Waals surface area (Å²) in [6.45, 7) is 0. The maximum atomic E-state index is 2.26. The van der Waals surface area contributed by atoms with E-state index in [1.54, 1.807) is 0 Å². The van der Waals surface area contributed by atoms with Crippen molar-refractivity contribution in [3.8, 4) is 0 Å². The lowest BCUT2D eigenvalue weighted by molar-refractivity contribution is -0.399. The van der Waals surface area contributed by atoms with Crippen molar-refractivity contribution >= 4 is 19.1 Å². The molecule has 0 saturated carbocycles. The van der Waals surface area contributed by atoms with E-state index in [1.807, 2.05) is 0 Å². The van der Waals surface area contributed by atoms with E-state index >= 15 is 0 Å². The van der Waals surface area contributed by atoms with Crippen LogP contribution in [0.4, 0.5) is 5.69 Å². The first-order valence-electron chi connectivity index (χ1n) is 3.93. The number of benzene rings is 1. The predicted molar refractivity (Wildman–Crippen MR) is 49.5 cm³/mol. The first-order chi connectivity index (χ1) is 5.29. The summed E-state index contributed by atoms with van der Waals surface area (Å²) in [5.74, 6) is 0. The zero-order valence-electron chi connectivity index (χ0n) is 6.96. The standard InChI is InChI=1S/C9H11BN/c1-11-8-5-3-2-4-7(8)6-9(11)10/h2-5H,6,10H2,1H3/q+1. The van der Waals surface area contributed by atoms with Gasteiger partial charge in [0.2, 0.25) is 13.5 Å². The molecule has 1 aliphatic rings. The maximum Gasteiger partial charge on any atom is 0.219 e. The van der Waals surface area contributed by atoms with Gasteiger partial charge in [-0.3, -0.25) is 0 Å². The highest BCUT2D eigenvalue weighted by molar-refractivity contribution is 6.58. The molecular weight excluding hydrogens is 133 g/mol. The van der Waals surface area contributed by atoms with Crippen molar-refractivity contribution in [1.29, 1.82) is 0 Å². The van der Waals surface area contributed by atoms with Gasteiger partial charge in [0.25, 0.3) is 0 Å². The Morgan fingerprint density at radius 2 is 2.09 bits per heavy atom. The number of fused-ring (bicyclic) bond motifs is 1. The monoisotopic (exact) mass is 144 g/mol. The lowest BCUT2D eigenvalue weighted by Gasteiger charge is -1.91. The molecule has 2 heteroatoms. The molecule has 1 aromatic rings. The Labute approximate surface area is 67.8 Å². The molecule has 1 aromatic carbocycles. The van der Waals surface area contributed by atoms with E-state index in [9.17, 15) is 0 Å². The molecule has 1 heterocycles. The third-order valence-corrected chi connectivity index (χ3v) is 2.37. The molecule has 2 rings (SSSR count). The molecule has 0 atom stereocenters. The van der Waals surface area contributed by atoms with Crippen LogP contribution in [0, 0.1) is 0 Å². The largest absolute Gasteiger partial charge is 0.219 e. The van der Waals surface area contributed by atoms with E-state index in [0.717, 1.165) is 6.42 Å². The van der Waals surface area contributed by atoms with Crippen molar-refractivity contribution in [2.75, 3.05) is 7.05 Å². The molecule has 0 unspecified atom stereocenters. The molecular formula is C9H11BN+. The lowest BCUT2D eigenvalue weighted by Crippen LogP contribution is -2.07. The Bertz CT molecular complexity index is 328. The van der Waals surface area contributed by atoms with Crippen LogP contribution in [0.3, 0.4) is 0 Å². The fraction of sp³-hybridized carbons (Fsp3) is 0.222. The van der Waals surface area contributed by atoms with Gasteiger partial charge in [0.15, 0.2) is 0 Å². The summed E-state index contributed by atoms with van der Waals surface area (Å²) in [5, 5.41) is 0. The summed E-state index contributed by atoms with van der Waals surface area (Å²) in [7, 11) is 4.31. The van der Waals surface area contributed by atoms with Crippen molar-refractivity contribution in [3.63, 3.8) is 0 Å². The third kappa shape index (κ3) is 0.899. The molecule has 0 fully saturated rings. The van der Waals surface area contributed by atoms with Crippen molar-refractivity contribution in [3.05, 3.63) is 29.8 Å². The zero-order chi connectivity index (χ0) is 7.84. The maximum absolute atomic E-state index is 2.26. The second-order valence-electron chi connectivity index (χ2n) is 3.10. The van der Waals surface area contributed by atoms with Crippen LogP contribution in [-0.2, 0) is 6.42 Å². The Morgan fingerprint density at radius 3 is 2.82 bits per heavy atom. The van der Waals surface area contributed by atoms with Crippen LogP contribution in [0.1, 0.15) is 5.56 Å². The molecule has 0 N–H and O–H groups in total. The number of rotatable bonds is 0. The average Bonchev–Trinajstić information content (AvgIpc) is 2.30. The predicted octanol–water partition coefficient (Wildman–Crippen LogP) is 0.548. The molecule has 0 aliphatic carbocycles. The van der Waals surface area contributed by atoms with Crippen LogP contribution in [0.5, 0.6) is 0 Å². The number of hydrogen-bond acceptors (Lipinski definition) is 0. The van der Waals surface area contributed by atoms with Gasteiger partial charge >= 0.3 is 0 Å². The van der Waals surface area contributed by atoms with E-state index in [0.29, 0.717) is 0 Å². The summed E-state index contributed by atoms with van der Waals surface area (Å²) in [6, 6.07) is 8.56. The van der Waals surface area contributed by atoms with E-state index in [1.165, 1.54) is 16.9 Å². The zero-order valence-corrected chi connectivity index (χ0v) is 6.96. The Kier molecular flexibility index (Phi) is 1.35. The normalized spacial score (nSPS) is 15.4. The smallest absolute Gasteiger partial charge is 0.213 e. The molecule has 54 valence electrons. The van der Waals surface area contributed by atoms with Gasteiger partial charge in [-0.15, -0.1) is 0 Å². The lowest BCUT2D eigenvalue weighted by atomic mass is 9.96. The quantitative estimate of drug-likeness (QED) is 0.369. The van der Waals surface area contributed by atoms with Gasteiger partial charge in [-0.1, -0.05) is 18.2 Å². The summed E-state index contributed by atoms with van der Waals surface area (Å²) < 4.78 is 2.26. The van der Waals surface area contributed by atoms with Gasteiger partial charge in [0.1, 0.15) is 12.7 Å². The molecule has 0 spiro atoms. The molecule has 11 heavy (non-hydrogen) atoms. The summed E-state index contributed by atoms with van der Waals surface area (Å²) in [6.07, 6.45) is 1.12. The second-order valence-corrected chi connectivity index (χ2v) is 3.10. The molecule has 1 aliphatic heterocycles. The topological polar surface area (TPSA) is 3.01 Å².